The van der Waals surface area contributed by atoms with Crippen LogP contribution in [0.1, 0.15) is 5.56 Å². The van der Waals surface area contributed by atoms with Gasteiger partial charge in [0.1, 0.15) is 12.4 Å². The Hall–Kier alpha value is -1.59. The van der Waals surface area contributed by atoms with Gasteiger partial charge in [-0.05, 0) is 19.1 Å². The summed E-state index contributed by atoms with van der Waals surface area (Å²) in [7, 11) is 0. The monoisotopic (exact) mass is 279 g/mol. The number of aryl methyl sites for hydroxylation is 1. The first kappa shape index (κ1) is 14.8. The molecule has 1 aromatic carbocycles. The van der Waals surface area contributed by atoms with Gasteiger partial charge >= 0.3 is 5.97 Å². The average Bonchev–Trinajstić information content (AvgIpc) is 2.48. The number of nitrogens with zero attached hydrogens (tertiary/aromatic N) is 1. The van der Waals surface area contributed by atoms with Gasteiger partial charge in [0.25, 0.3) is 0 Å². The number of hydrogen-bond donors (Lipinski definition) is 0. The van der Waals surface area contributed by atoms with Crippen LogP contribution in [0, 0.1) is 6.92 Å². The zero-order chi connectivity index (χ0) is 14.2. The lowest BCUT2D eigenvalue weighted by Gasteiger charge is -2.26. The summed E-state index contributed by atoms with van der Waals surface area (Å²) in [6, 6.07) is 7.57. The van der Waals surface area contributed by atoms with Gasteiger partial charge in [0.15, 0.2) is 6.61 Å². The molecule has 1 fully saturated rings. The predicted molar refractivity (Wildman–Crippen MR) is 74.9 cm³/mol. The second kappa shape index (κ2) is 7.87. The van der Waals surface area contributed by atoms with Crippen LogP contribution in [0.2, 0.25) is 0 Å². The van der Waals surface area contributed by atoms with Crippen molar-refractivity contribution in [2.24, 2.45) is 0 Å². The summed E-state index contributed by atoms with van der Waals surface area (Å²) in [5, 5.41) is 0. The summed E-state index contributed by atoms with van der Waals surface area (Å²) >= 11 is 0. The quantitative estimate of drug-likeness (QED) is 0.733. The van der Waals surface area contributed by atoms with Crippen LogP contribution >= 0.6 is 0 Å². The fourth-order valence-corrected chi connectivity index (χ4v) is 1.93. The molecule has 0 atom stereocenters. The molecular formula is C15H21NO4. The number of hydrogen-bond acceptors (Lipinski definition) is 5. The maximum Gasteiger partial charge on any atom is 0.344 e. The molecular weight excluding hydrogens is 258 g/mol. The largest absolute Gasteiger partial charge is 0.482 e. The van der Waals surface area contributed by atoms with E-state index < -0.39 is 0 Å². The van der Waals surface area contributed by atoms with Gasteiger partial charge in [-0.25, -0.2) is 4.79 Å². The molecule has 0 unspecified atom stereocenters. The van der Waals surface area contributed by atoms with Crippen LogP contribution in [0.3, 0.4) is 0 Å². The molecule has 0 radical (unpaired) electrons. The van der Waals surface area contributed by atoms with E-state index in [4.69, 9.17) is 14.2 Å². The van der Waals surface area contributed by atoms with Crippen molar-refractivity contribution in [1.82, 2.24) is 4.90 Å². The third-order valence-corrected chi connectivity index (χ3v) is 3.15. The summed E-state index contributed by atoms with van der Waals surface area (Å²) in [6.07, 6.45) is 0. The fraction of sp³-hybridized carbons (Fsp3) is 0.533. The van der Waals surface area contributed by atoms with Gasteiger partial charge in [0, 0.05) is 19.6 Å². The minimum atomic E-state index is -0.334. The standard InChI is InChI=1S/C15H21NO4/c1-13-2-4-14(5-3-13)20-12-15(17)19-11-8-16-6-9-18-10-7-16/h2-5H,6-12H2,1H3. The van der Waals surface area contributed by atoms with Crippen molar-refractivity contribution >= 4 is 5.97 Å². The van der Waals surface area contributed by atoms with Crippen molar-refractivity contribution in [3.8, 4) is 5.75 Å². The van der Waals surface area contributed by atoms with E-state index in [1.807, 2.05) is 31.2 Å². The Balaban J connectivity index is 1.59. The van der Waals surface area contributed by atoms with E-state index in [-0.39, 0.29) is 12.6 Å². The van der Waals surface area contributed by atoms with Crippen molar-refractivity contribution < 1.29 is 19.0 Å². The highest BCUT2D eigenvalue weighted by molar-refractivity contribution is 5.71. The third kappa shape index (κ3) is 5.19. The summed E-state index contributed by atoms with van der Waals surface area (Å²) in [5.74, 6) is 0.347. The van der Waals surface area contributed by atoms with E-state index in [1.165, 1.54) is 0 Å². The smallest absolute Gasteiger partial charge is 0.344 e. The van der Waals surface area contributed by atoms with Crippen LogP contribution in [0.4, 0.5) is 0 Å². The minimum Gasteiger partial charge on any atom is -0.482 e. The van der Waals surface area contributed by atoms with E-state index in [9.17, 15) is 4.79 Å². The molecule has 1 heterocycles. The average molecular weight is 279 g/mol. The number of morpholine rings is 1. The molecule has 0 amide bonds. The second-order valence-electron chi connectivity index (χ2n) is 4.78. The Morgan fingerprint density at radius 3 is 2.65 bits per heavy atom. The Labute approximate surface area is 119 Å². The van der Waals surface area contributed by atoms with E-state index in [0.29, 0.717) is 12.4 Å². The first-order valence-electron chi connectivity index (χ1n) is 6.89. The van der Waals surface area contributed by atoms with Crippen LogP contribution in [-0.4, -0.2) is 56.9 Å². The van der Waals surface area contributed by atoms with Gasteiger partial charge in [0.05, 0.1) is 13.2 Å². The zero-order valence-corrected chi connectivity index (χ0v) is 11.8. The molecule has 0 bridgehead atoms. The second-order valence-corrected chi connectivity index (χ2v) is 4.78. The molecule has 0 aromatic heterocycles. The fourth-order valence-electron chi connectivity index (χ4n) is 1.93. The van der Waals surface area contributed by atoms with Gasteiger partial charge in [-0.15, -0.1) is 0 Å². The molecule has 2 rings (SSSR count). The summed E-state index contributed by atoms with van der Waals surface area (Å²) in [5.41, 5.74) is 1.16. The normalized spacial score (nSPS) is 15.8. The molecule has 1 aliphatic rings. The summed E-state index contributed by atoms with van der Waals surface area (Å²) in [6.45, 7) is 6.41. The predicted octanol–water partition coefficient (Wildman–Crippen LogP) is 1.25. The molecule has 1 aliphatic heterocycles. The molecule has 0 aliphatic carbocycles. The number of carbonyl (C=O) groups is 1. The maximum atomic E-state index is 11.5. The molecule has 1 saturated heterocycles. The first-order valence-corrected chi connectivity index (χ1v) is 6.89. The molecule has 0 spiro atoms. The highest BCUT2D eigenvalue weighted by Crippen LogP contribution is 2.11. The van der Waals surface area contributed by atoms with Crippen LogP contribution in [-0.2, 0) is 14.3 Å². The number of benzene rings is 1. The van der Waals surface area contributed by atoms with Crippen LogP contribution < -0.4 is 4.74 Å². The van der Waals surface area contributed by atoms with E-state index in [1.54, 1.807) is 0 Å². The number of rotatable bonds is 6. The molecule has 0 saturated carbocycles. The maximum absolute atomic E-state index is 11.5. The van der Waals surface area contributed by atoms with Gasteiger partial charge in [-0.2, -0.15) is 0 Å². The topological polar surface area (TPSA) is 48.0 Å². The lowest BCUT2D eigenvalue weighted by Crippen LogP contribution is -2.38. The number of esters is 1. The Bertz CT molecular complexity index is 412. The zero-order valence-electron chi connectivity index (χ0n) is 11.8. The van der Waals surface area contributed by atoms with Crippen molar-refractivity contribution in [2.45, 2.75) is 6.92 Å². The molecule has 1 aromatic rings. The minimum absolute atomic E-state index is 0.0494. The molecule has 110 valence electrons. The summed E-state index contributed by atoms with van der Waals surface area (Å²) < 4.78 is 15.8. The van der Waals surface area contributed by atoms with E-state index >= 15 is 0 Å². The lowest BCUT2D eigenvalue weighted by molar-refractivity contribution is -0.146. The molecule has 5 heteroatoms. The lowest BCUT2D eigenvalue weighted by atomic mass is 10.2. The molecule has 20 heavy (non-hydrogen) atoms. The Morgan fingerprint density at radius 1 is 1.25 bits per heavy atom. The van der Waals surface area contributed by atoms with Gasteiger partial charge < -0.3 is 14.2 Å². The van der Waals surface area contributed by atoms with Crippen LogP contribution in [0.15, 0.2) is 24.3 Å². The highest BCUT2D eigenvalue weighted by Gasteiger charge is 2.11. The van der Waals surface area contributed by atoms with Crippen LogP contribution in [0.5, 0.6) is 5.75 Å². The van der Waals surface area contributed by atoms with Gasteiger partial charge in [0.2, 0.25) is 0 Å². The molecule has 5 nitrogen and oxygen atoms in total. The van der Waals surface area contributed by atoms with Crippen molar-refractivity contribution in [1.29, 1.82) is 0 Å². The number of carbonyl (C=O) groups excluding carboxylic acids is 1. The van der Waals surface area contributed by atoms with Crippen molar-refractivity contribution in [3.63, 3.8) is 0 Å². The Kier molecular flexibility index (Phi) is 5.83. The van der Waals surface area contributed by atoms with Crippen molar-refractivity contribution in [2.75, 3.05) is 46.1 Å². The van der Waals surface area contributed by atoms with Gasteiger partial charge in [-0.3, -0.25) is 4.90 Å². The number of ether oxygens (including phenoxy) is 3. The first-order chi connectivity index (χ1) is 9.74. The van der Waals surface area contributed by atoms with Crippen LogP contribution in [0.25, 0.3) is 0 Å². The molecule has 0 N–H and O–H groups in total. The third-order valence-electron chi connectivity index (χ3n) is 3.15. The SMILES string of the molecule is Cc1ccc(OCC(=O)OCCN2CCOCC2)cc1. The summed E-state index contributed by atoms with van der Waals surface area (Å²) in [4.78, 5) is 13.8. The van der Waals surface area contributed by atoms with Gasteiger partial charge in [-0.1, -0.05) is 17.7 Å². The Morgan fingerprint density at radius 2 is 1.95 bits per heavy atom. The highest BCUT2D eigenvalue weighted by atomic mass is 16.6. The van der Waals surface area contributed by atoms with Crippen molar-refractivity contribution in [3.05, 3.63) is 29.8 Å². The van der Waals surface area contributed by atoms with E-state index in [2.05, 4.69) is 4.90 Å². The van der Waals surface area contributed by atoms with E-state index in [0.717, 1.165) is 38.4 Å².